The van der Waals surface area contributed by atoms with Crippen LogP contribution >= 0.6 is 0 Å². The second-order valence-corrected chi connectivity index (χ2v) is 6.24. The van der Waals surface area contributed by atoms with Gasteiger partial charge in [-0.25, -0.2) is 4.99 Å². The summed E-state index contributed by atoms with van der Waals surface area (Å²) in [6.07, 6.45) is 0. The monoisotopic (exact) mass is 317 g/mol. The SMILES string of the molecule is CCN(CC)C(N)=NCc1ccc(CN2CCN(C)CC2)cc1. The zero-order chi connectivity index (χ0) is 16.7. The summed E-state index contributed by atoms with van der Waals surface area (Å²) in [6, 6.07) is 8.78. The van der Waals surface area contributed by atoms with Crippen LogP contribution in [0, 0.1) is 0 Å². The Morgan fingerprint density at radius 1 is 1.04 bits per heavy atom. The largest absolute Gasteiger partial charge is 0.370 e. The van der Waals surface area contributed by atoms with Crippen LogP contribution < -0.4 is 5.73 Å². The maximum Gasteiger partial charge on any atom is 0.191 e. The topological polar surface area (TPSA) is 48.1 Å². The van der Waals surface area contributed by atoms with E-state index in [0.717, 1.165) is 45.8 Å². The van der Waals surface area contributed by atoms with Gasteiger partial charge in [0.2, 0.25) is 0 Å². The Labute approximate surface area is 140 Å². The fourth-order valence-corrected chi connectivity index (χ4v) is 2.83. The van der Waals surface area contributed by atoms with Gasteiger partial charge in [0.25, 0.3) is 0 Å². The van der Waals surface area contributed by atoms with Crippen molar-refractivity contribution in [3.63, 3.8) is 0 Å². The molecule has 0 aliphatic carbocycles. The van der Waals surface area contributed by atoms with Gasteiger partial charge in [0.05, 0.1) is 6.54 Å². The van der Waals surface area contributed by atoms with Crippen molar-refractivity contribution in [2.45, 2.75) is 26.9 Å². The summed E-state index contributed by atoms with van der Waals surface area (Å²) in [6.45, 7) is 12.3. The maximum absolute atomic E-state index is 6.02. The summed E-state index contributed by atoms with van der Waals surface area (Å²) in [4.78, 5) is 11.5. The third kappa shape index (κ3) is 5.52. The van der Waals surface area contributed by atoms with Crippen molar-refractivity contribution in [2.75, 3.05) is 46.3 Å². The molecule has 1 aliphatic rings. The van der Waals surface area contributed by atoms with E-state index in [2.05, 4.69) is 64.9 Å². The van der Waals surface area contributed by atoms with Crippen LogP contribution in [0.5, 0.6) is 0 Å². The molecule has 23 heavy (non-hydrogen) atoms. The standard InChI is InChI=1S/C18H31N5/c1-4-23(5-2)18(19)20-14-16-6-8-17(9-7-16)15-22-12-10-21(3)11-13-22/h6-9H,4-5,10-15H2,1-3H3,(H2,19,20). The van der Waals surface area contributed by atoms with Gasteiger partial charge in [0.15, 0.2) is 5.96 Å². The lowest BCUT2D eigenvalue weighted by molar-refractivity contribution is 0.148. The second kappa shape index (κ2) is 8.89. The van der Waals surface area contributed by atoms with Crippen LogP contribution in [0.1, 0.15) is 25.0 Å². The van der Waals surface area contributed by atoms with Gasteiger partial charge in [-0.05, 0) is 32.0 Å². The van der Waals surface area contributed by atoms with E-state index in [0.29, 0.717) is 12.5 Å². The molecule has 1 heterocycles. The molecular formula is C18H31N5. The summed E-state index contributed by atoms with van der Waals surface area (Å²) in [7, 11) is 2.19. The first-order valence-corrected chi connectivity index (χ1v) is 8.66. The Hall–Kier alpha value is -1.59. The highest BCUT2D eigenvalue weighted by atomic mass is 15.2. The van der Waals surface area contributed by atoms with Crippen LogP contribution in [0.3, 0.4) is 0 Å². The number of rotatable bonds is 6. The number of benzene rings is 1. The first kappa shape index (κ1) is 17.8. The maximum atomic E-state index is 6.02. The zero-order valence-electron chi connectivity index (χ0n) is 14.8. The lowest BCUT2D eigenvalue weighted by Gasteiger charge is -2.32. The van der Waals surface area contributed by atoms with Gasteiger partial charge in [-0.15, -0.1) is 0 Å². The van der Waals surface area contributed by atoms with Gasteiger partial charge in [-0.3, -0.25) is 4.90 Å². The third-order valence-electron chi connectivity index (χ3n) is 4.54. The van der Waals surface area contributed by atoms with E-state index in [1.165, 1.54) is 11.1 Å². The normalized spacial score (nSPS) is 17.4. The molecule has 0 atom stereocenters. The number of hydrogen-bond acceptors (Lipinski definition) is 3. The first-order valence-electron chi connectivity index (χ1n) is 8.66. The Balaban J connectivity index is 1.86. The van der Waals surface area contributed by atoms with Crippen molar-refractivity contribution < 1.29 is 0 Å². The summed E-state index contributed by atoms with van der Waals surface area (Å²) in [5.41, 5.74) is 8.60. The van der Waals surface area contributed by atoms with Crippen molar-refractivity contribution >= 4 is 5.96 Å². The van der Waals surface area contributed by atoms with Crippen LogP contribution in [0.2, 0.25) is 0 Å². The third-order valence-corrected chi connectivity index (χ3v) is 4.54. The highest BCUT2D eigenvalue weighted by Gasteiger charge is 2.13. The van der Waals surface area contributed by atoms with Crippen molar-refractivity contribution in [3.05, 3.63) is 35.4 Å². The molecule has 1 aliphatic heterocycles. The fraction of sp³-hybridized carbons (Fsp3) is 0.611. The minimum atomic E-state index is 0.636. The minimum Gasteiger partial charge on any atom is -0.370 e. The molecule has 1 aromatic carbocycles. The number of likely N-dealkylation sites (N-methyl/N-ethyl adjacent to an activating group) is 1. The molecule has 2 rings (SSSR count). The summed E-state index contributed by atoms with van der Waals surface area (Å²) in [5.74, 6) is 0.636. The van der Waals surface area contributed by atoms with Gasteiger partial charge in [0, 0.05) is 45.8 Å². The van der Waals surface area contributed by atoms with E-state index in [1.807, 2.05) is 0 Å². The van der Waals surface area contributed by atoms with E-state index in [4.69, 9.17) is 5.73 Å². The molecule has 5 nitrogen and oxygen atoms in total. The molecule has 5 heteroatoms. The molecule has 1 aromatic rings. The molecule has 0 saturated carbocycles. The number of aliphatic imine (C=N–C) groups is 1. The van der Waals surface area contributed by atoms with Crippen LogP contribution in [0.15, 0.2) is 29.3 Å². The molecule has 1 saturated heterocycles. The predicted molar refractivity (Wildman–Crippen MR) is 97.5 cm³/mol. The lowest BCUT2D eigenvalue weighted by atomic mass is 10.1. The minimum absolute atomic E-state index is 0.636. The molecule has 0 spiro atoms. The van der Waals surface area contributed by atoms with E-state index in [1.54, 1.807) is 0 Å². The molecular weight excluding hydrogens is 286 g/mol. The summed E-state index contributed by atoms with van der Waals surface area (Å²) in [5, 5.41) is 0. The molecule has 0 unspecified atom stereocenters. The highest BCUT2D eigenvalue weighted by Crippen LogP contribution is 2.10. The highest BCUT2D eigenvalue weighted by molar-refractivity contribution is 5.77. The van der Waals surface area contributed by atoms with E-state index in [-0.39, 0.29) is 0 Å². The molecule has 128 valence electrons. The van der Waals surface area contributed by atoms with Crippen LogP contribution in [-0.4, -0.2) is 67.0 Å². The molecule has 0 amide bonds. The van der Waals surface area contributed by atoms with Gasteiger partial charge >= 0.3 is 0 Å². The van der Waals surface area contributed by atoms with Crippen LogP contribution in [0.25, 0.3) is 0 Å². The molecule has 1 fully saturated rings. The average Bonchev–Trinajstić information content (AvgIpc) is 2.57. The summed E-state index contributed by atoms with van der Waals surface area (Å²) >= 11 is 0. The van der Waals surface area contributed by atoms with Gasteiger partial charge in [-0.2, -0.15) is 0 Å². The smallest absolute Gasteiger partial charge is 0.191 e. The van der Waals surface area contributed by atoms with E-state index >= 15 is 0 Å². The molecule has 2 N–H and O–H groups in total. The van der Waals surface area contributed by atoms with E-state index < -0.39 is 0 Å². The number of hydrogen-bond donors (Lipinski definition) is 1. The Bertz CT molecular complexity index is 485. The Morgan fingerprint density at radius 2 is 1.61 bits per heavy atom. The first-order chi connectivity index (χ1) is 11.1. The summed E-state index contributed by atoms with van der Waals surface area (Å²) < 4.78 is 0. The van der Waals surface area contributed by atoms with Crippen LogP contribution in [-0.2, 0) is 13.1 Å². The quantitative estimate of drug-likeness (QED) is 0.639. The molecule has 0 bridgehead atoms. The number of nitrogens with zero attached hydrogens (tertiary/aromatic N) is 4. The van der Waals surface area contributed by atoms with Crippen molar-refractivity contribution in [3.8, 4) is 0 Å². The van der Waals surface area contributed by atoms with Crippen molar-refractivity contribution in [1.82, 2.24) is 14.7 Å². The van der Waals surface area contributed by atoms with Crippen molar-refractivity contribution in [2.24, 2.45) is 10.7 Å². The number of nitrogens with two attached hydrogens (primary N) is 1. The number of piperazine rings is 1. The zero-order valence-corrected chi connectivity index (χ0v) is 14.8. The lowest BCUT2D eigenvalue weighted by Crippen LogP contribution is -2.43. The van der Waals surface area contributed by atoms with Gasteiger partial charge in [0.1, 0.15) is 0 Å². The van der Waals surface area contributed by atoms with Crippen LogP contribution in [0.4, 0.5) is 0 Å². The fourth-order valence-electron chi connectivity index (χ4n) is 2.83. The van der Waals surface area contributed by atoms with Gasteiger partial charge in [-0.1, -0.05) is 24.3 Å². The van der Waals surface area contributed by atoms with E-state index in [9.17, 15) is 0 Å². The number of guanidine groups is 1. The molecule has 0 radical (unpaired) electrons. The second-order valence-electron chi connectivity index (χ2n) is 6.24. The predicted octanol–water partition coefficient (Wildman–Crippen LogP) is 1.59. The average molecular weight is 317 g/mol. The molecule has 0 aromatic heterocycles. The Kier molecular flexibility index (Phi) is 6.86. The Morgan fingerprint density at radius 3 is 2.17 bits per heavy atom. The van der Waals surface area contributed by atoms with Gasteiger partial charge < -0.3 is 15.5 Å². The van der Waals surface area contributed by atoms with Crippen molar-refractivity contribution in [1.29, 1.82) is 0 Å².